The van der Waals surface area contributed by atoms with Crippen LogP contribution in [0.1, 0.15) is 34.0 Å². The molecule has 0 saturated carbocycles. The molecule has 1 aromatic rings. The zero-order valence-corrected chi connectivity index (χ0v) is 5.84. The zero-order chi connectivity index (χ0) is 6.91. The molecule has 0 saturated heterocycles. The van der Waals surface area contributed by atoms with Crippen LogP contribution < -0.4 is 0 Å². The lowest BCUT2D eigenvalue weighted by molar-refractivity contribution is 0.546. The molecule has 0 aromatic carbocycles. The van der Waals surface area contributed by atoms with E-state index < -0.39 is 0 Å². The maximum absolute atomic E-state index is 3.84. The van der Waals surface area contributed by atoms with Crippen molar-refractivity contribution in [1.82, 2.24) is 20.6 Å². The van der Waals surface area contributed by atoms with Gasteiger partial charge in [-0.15, -0.1) is 10.2 Å². The van der Waals surface area contributed by atoms with E-state index >= 15 is 0 Å². The van der Waals surface area contributed by atoms with E-state index in [4.69, 9.17) is 0 Å². The fourth-order valence-electron chi connectivity index (χ4n) is 0.480. The topological polar surface area (TPSA) is 54.5 Å². The standard InChI is InChI=1S/C5H10N4.CH4/c1-5(2,3)4-6-8-9-7-4;/h1-3H3,(H,6,7,8,9);1H4. The average Bonchev–Trinajstić information content (AvgIpc) is 2.08. The van der Waals surface area contributed by atoms with Gasteiger partial charge in [-0.05, 0) is 0 Å². The van der Waals surface area contributed by atoms with Crippen LogP contribution in [0.2, 0.25) is 0 Å². The van der Waals surface area contributed by atoms with Crippen LogP contribution in [-0.2, 0) is 5.41 Å². The Kier molecular flexibility index (Phi) is 2.51. The van der Waals surface area contributed by atoms with Crippen molar-refractivity contribution in [1.29, 1.82) is 0 Å². The van der Waals surface area contributed by atoms with Crippen molar-refractivity contribution in [3.05, 3.63) is 5.82 Å². The second-order valence-electron chi connectivity index (χ2n) is 2.99. The third-order valence-electron chi connectivity index (χ3n) is 1.02. The van der Waals surface area contributed by atoms with Crippen LogP contribution in [0.15, 0.2) is 0 Å². The van der Waals surface area contributed by atoms with Crippen molar-refractivity contribution in [2.75, 3.05) is 0 Å². The minimum Gasteiger partial charge on any atom is -0.177 e. The molecule has 0 aliphatic heterocycles. The van der Waals surface area contributed by atoms with Gasteiger partial charge in [0.2, 0.25) is 0 Å². The Balaban J connectivity index is 0.000000810. The molecule has 0 atom stereocenters. The van der Waals surface area contributed by atoms with Gasteiger partial charge < -0.3 is 0 Å². The molecule has 4 heteroatoms. The molecule has 0 aliphatic rings. The predicted molar refractivity (Wildman–Crippen MR) is 39.6 cm³/mol. The summed E-state index contributed by atoms with van der Waals surface area (Å²) in [5, 5.41) is 13.5. The van der Waals surface area contributed by atoms with E-state index in [-0.39, 0.29) is 12.8 Å². The molecule has 1 heterocycles. The summed E-state index contributed by atoms with van der Waals surface area (Å²) in [7, 11) is 0. The molecule has 1 N–H and O–H groups in total. The number of aromatic nitrogens is 4. The summed E-state index contributed by atoms with van der Waals surface area (Å²) in [6, 6.07) is 0. The highest BCUT2D eigenvalue weighted by molar-refractivity contribution is 4.95. The van der Waals surface area contributed by atoms with Gasteiger partial charge in [-0.25, -0.2) is 0 Å². The lowest BCUT2D eigenvalue weighted by atomic mass is 9.96. The number of H-pyrrole nitrogens is 1. The monoisotopic (exact) mass is 142 g/mol. The van der Waals surface area contributed by atoms with Crippen LogP contribution in [0.5, 0.6) is 0 Å². The van der Waals surface area contributed by atoms with E-state index in [0.29, 0.717) is 0 Å². The first-order valence-corrected chi connectivity index (χ1v) is 2.84. The highest BCUT2D eigenvalue weighted by Gasteiger charge is 2.17. The lowest BCUT2D eigenvalue weighted by Gasteiger charge is -2.10. The second kappa shape index (κ2) is 2.77. The van der Waals surface area contributed by atoms with Crippen LogP contribution in [0.3, 0.4) is 0 Å². The minimum absolute atomic E-state index is 0. The maximum Gasteiger partial charge on any atom is 0.179 e. The Morgan fingerprint density at radius 1 is 1.30 bits per heavy atom. The summed E-state index contributed by atoms with van der Waals surface area (Å²) in [4.78, 5) is 0. The van der Waals surface area contributed by atoms with Gasteiger partial charge in [-0.2, -0.15) is 5.21 Å². The Morgan fingerprint density at radius 2 is 1.90 bits per heavy atom. The highest BCUT2D eigenvalue weighted by atomic mass is 15.5. The van der Waals surface area contributed by atoms with Crippen molar-refractivity contribution in [2.45, 2.75) is 33.6 Å². The van der Waals surface area contributed by atoms with Crippen molar-refractivity contribution in [3.8, 4) is 0 Å². The van der Waals surface area contributed by atoms with Crippen molar-refractivity contribution in [3.63, 3.8) is 0 Å². The van der Waals surface area contributed by atoms with Crippen molar-refractivity contribution in [2.24, 2.45) is 0 Å². The van der Waals surface area contributed by atoms with Gasteiger partial charge in [-0.1, -0.05) is 33.4 Å². The van der Waals surface area contributed by atoms with Gasteiger partial charge in [-0.3, -0.25) is 0 Å². The van der Waals surface area contributed by atoms with Gasteiger partial charge in [0, 0.05) is 5.41 Å². The molecule has 1 aromatic heterocycles. The summed E-state index contributed by atoms with van der Waals surface area (Å²) in [6.07, 6.45) is 0. The minimum atomic E-state index is 0. The van der Waals surface area contributed by atoms with Crippen LogP contribution >= 0.6 is 0 Å². The predicted octanol–water partition coefficient (Wildman–Crippen LogP) is 1.13. The summed E-state index contributed by atoms with van der Waals surface area (Å²) in [6.45, 7) is 6.12. The van der Waals surface area contributed by atoms with E-state index in [9.17, 15) is 0 Å². The largest absolute Gasteiger partial charge is 0.179 e. The molecule has 58 valence electrons. The quantitative estimate of drug-likeness (QED) is 0.590. The zero-order valence-electron chi connectivity index (χ0n) is 5.84. The molecule has 0 unspecified atom stereocenters. The summed E-state index contributed by atoms with van der Waals surface area (Å²) in [5.74, 6) is 0.752. The highest BCUT2D eigenvalue weighted by Crippen LogP contribution is 2.14. The van der Waals surface area contributed by atoms with E-state index in [1.54, 1.807) is 0 Å². The Bertz CT molecular complexity index is 172. The number of hydrogen-bond acceptors (Lipinski definition) is 3. The molecular weight excluding hydrogens is 128 g/mol. The van der Waals surface area contributed by atoms with Crippen LogP contribution in [0, 0.1) is 0 Å². The van der Waals surface area contributed by atoms with Crippen molar-refractivity contribution >= 4 is 0 Å². The summed E-state index contributed by atoms with van der Waals surface area (Å²) in [5.41, 5.74) is 0.00694. The number of nitrogens with one attached hydrogen (secondary N) is 1. The average molecular weight is 142 g/mol. The third-order valence-corrected chi connectivity index (χ3v) is 1.02. The molecule has 0 fully saturated rings. The molecule has 10 heavy (non-hydrogen) atoms. The van der Waals surface area contributed by atoms with Gasteiger partial charge in [0.15, 0.2) is 5.82 Å². The Labute approximate surface area is 61.0 Å². The first kappa shape index (κ1) is 9.07. The van der Waals surface area contributed by atoms with Gasteiger partial charge >= 0.3 is 0 Å². The maximum atomic E-state index is 3.84. The smallest absolute Gasteiger partial charge is 0.177 e. The number of nitrogens with zero attached hydrogens (tertiary/aromatic N) is 3. The first-order valence-electron chi connectivity index (χ1n) is 2.84. The Morgan fingerprint density at radius 3 is 2.10 bits per heavy atom. The number of rotatable bonds is 0. The van der Waals surface area contributed by atoms with Crippen LogP contribution in [0.4, 0.5) is 0 Å². The van der Waals surface area contributed by atoms with E-state index in [1.165, 1.54) is 0 Å². The molecule has 0 bridgehead atoms. The fraction of sp³-hybridized carbons (Fsp3) is 0.833. The number of tetrazole rings is 1. The van der Waals surface area contributed by atoms with Crippen molar-refractivity contribution < 1.29 is 0 Å². The van der Waals surface area contributed by atoms with E-state index in [0.717, 1.165) is 5.82 Å². The molecule has 0 amide bonds. The van der Waals surface area contributed by atoms with Gasteiger partial charge in [0.05, 0.1) is 0 Å². The first-order chi connectivity index (χ1) is 4.11. The van der Waals surface area contributed by atoms with E-state index in [2.05, 4.69) is 20.6 Å². The fourth-order valence-corrected chi connectivity index (χ4v) is 0.480. The van der Waals surface area contributed by atoms with Crippen LogP contribution in [-0.4, -0.2) is 20.6 Å². The summed E-state index contributed by atoms with van der Waals surface area (Å²) >= 11 is 0. The second-order valence-corrected chi connectivity index (χ2v) is 2.99. The molecule has 0 radical (unpaired) electrons. The molecular formula is C6H14N4. The number of aromatic amines is 1. The SMILES string of the molecule is C.CC(C)(C)c1nn[nH]n1. The Hall–Kier alpha value is -0.930. The molecule has 0 spiro atoms. The van der Waals surface area contributed by atoms with Gasteiger partial charge in [0.25, 0.3) is 0 Å². The van der Waals surface area contributed by atoms with Gasteiger partial charge in [0.1, 0.15) is 0 Å². The molecule has 1 rings (SSSR count). The third kappa shape index (κ3) is 1.79. The number of hydrogen-bond donors (Lipinski definition) is 1. The normalized spacial score (nSPS) is 10.7. The summed E-state index contributed by atoms with van der Waals surface area (Å²) < 4.78 is 0. The lowest BCUT2D eigenvalue weighted by Crippen LogP contribution is -2.13. The van der Waals surface area contributed by atoms with Crippen LogP contribution in [0.25, 0.3) is 0 Å². The molecule has 4 nitrogen and oxygen atoms in total. The molecule has 0 aliphatic carbocycles. The van der Waals surface area contributed by atoms with E-state index in [1.807, 2.05) is 20.8 Å².